The molecule has 0 aromatic rings. The van der Waals surface area contributed by atoms with Crippen LogP contribution in [0.25, 0.3) is 0 Å². The summed E-state index contributed by atoms with van der Waals surface area (Å²) in [5.41, 5.74) is 0.0233. The van der Waals surface area contributed by atoms with Crippen molar-refractivity contribution in [3.05, 3.63) is 12.7 Å². The molecule has 3 fully saturated rings. The average molecular weight is 265 g/mol. The van der Waals surface area contributed by atoms with E-state index in [0.717, 1.165) is 32.1 Å². The van der Waals surface area contributed by atoms with Crippen molar-refractivity contribution in [1.82, 2.24) is 5.32 Å². The minimum atomic E-state index is -0.660. The molecule has 0 bridgehead atoms. The van der Waals surface area contributed by atoms with Crippen molar-refractivity contribution in [3.8, 4) is 0 Å². The van der Waals surface area contributed by atoms with Crippen molar-refractivity contribution in [2.75, 3.05) is 6.61 Å². The van der Waals surface area contributed by atoms with Crippen LogP contribution < -0.4 is 5.32 Å². The minimum Gasteiger partial charge on any atom is -0.481 e. The Morgan fingerprint density at radius 1 is 1.37 bits per heavy atom. The summed E-state index contributed by atoms with van der Waals surface area (Å²) in [5, 5.41) is 12.1. The summed E-state index contributed by atoms with van der Waals surface area (Å²) in [7, 11) is 0. The van der Waals surface area contributed by atoms with Gasteiger partial charge >= 0.3 is 12.1 Å². The molecule has 3 saturated carbocycles. The van der Waals surface area contributed by atoms with Gasteiger partial charge in [-0.25, -0.2) is 4.79 Å². The Bertz CT molecular complexity index is 435. The molecule has 19 heavy (non-hydrogen) atoms. The topological polar surface area (TPSA) is 75.6 Å². The maximum atomic E-state index is 11.4. The molecule has 0 aliphatic heterocycles. The van der Waals surface area contributed by atoms with E-state index in [9.17, 15) is 14.7 Å². The van der Waals surface area contributed by atoms with Crippen molar-refractivity contribution in [1.29, 1.82) is 0 Å². The Kier molecular flexibility index (Phi) is 2.62. The Labute approximate surface area is 112 Å². The number of amides is 1. The third kappa shape index (κ3) is 1.53. The lowest BCUT2D eigenvalue weighted by molar-refractivity contribution is -0.140. The van der Waals surface area contributed by atoms with Crippen molar-refractivity contribution in [2.45, 2.75) is 38.1 Å². The zero-order chi connectivity index (χ0) is 13.7. The van der Waals surface area contributed by atoms with Gasteiger partial charge in [0.15, 0.2) is 0 Å². The van der Waals surface area contributed by atoms with Gasteiger partial charge in [0.1, 0.15) is 6.61 Å². The smallest absolute Gasteiger partial charge is 0.407 e. The molecule has 0 aromatic heterocycles. The first kappa shape index (κ1) is 12.5. The van der Waals surface area contributed by atoms with Gasteiger partial charge < -0.3 is 15.2 Å². The van der Waals surface area contributed by atoms with Gasteiger partial charge in [-0.1, -0.05) is 19.1 Å². The Morgan fingerprint density at radius 2 is 2.05 bits per heavy atom. The number of carbonyl (C=O) groups is 2. The molecule has 5 heteroatoms. The lowest BCUT2D eigenvalue weighted by atomic mass is 9.65. The van der Waals surface area contributed by atoms with Crippen LogP contribution in [0.1, 0.15) is 32.1 Å². The molecule has 0 radical (unpaired) electrons. The largest absolute Gasteiger partial charge is 0.481 e. The number of carbonyl (C=O) groups excluding carboxylic acids is 1. The summed E-state index contributed by atoms with van der Waals surface area (Å²) in [6.45, 7) is 3.68. The lowest BCUT2D eigenvalue weighted by Crippen LogP contribution is -2.48. The van der Waals surface area contributed by atoms with E-state index in [0.29, 0.717) is 0 Å². The van der Waals surface area contributed by atoms with Crippen LogP contribution in [-0.4, -0.2) is 29.8 Å². The van der Waals surface area contributed by atoms with Crippen LogP contribution in [-0.2, 0) is 9.53 Å². The minimum absolute atomic E-state index is 0.0343. The van der Waals surface area contributed by atoms with Crippen LogP contribution in [0.3, 0.4) is 0 Å². The van der Waals surface area contributed by atoms with Crippen molar-refractivity contribution < 1.29 is 19.4 Å². The first-order valence-corrected chi connectivity index (χ1v) is 6.83. The highest BCUT2D eigenvalue weighted by Crippen LogP contribution is 2.84. The molecule has 1 atom stereocenters. The van der Waals surface area contributed by atoms with E-state index in [1.165, 1.54) is 6.08 Å². The van der Waals surface area contributed by atoms with Gasteiger partial charge in [0.2, 0.25) is 0 Å². The maximum absolute atomic E-state index is 11.4. The molecular weight excluding hydrogens is 246 g/mol. The number of aliphatic carboxylic acids is 1. The van der Waals surface area contributed by atoms with Crippen molar-refractivity contribution >= 4 is 12.1 Å². The monoisotopic (exact) mass is 265 g/mol. The second-order valence-corrected chi connectivity index (χ2v) is 6.07. The predicted octanol–water partition coefficient (Wildman–Crippen LogP) is 1.93. The second-order valence-electron chi connectivity index (χ2n) is 6.07. The van der Waals surface area contributed by atoms with Crippen LogP contribution >= 0.6 is 0 Å². The number of alkyl carbamates (subject to hydrolysis) is 1. The molecule has 0 saturated heterocycles. The second kappa shape index (κ2) is 3.99. The average Bonchev–Trinajstić information content (AvgIpc) is 2.90. The fourth-order valence-corrected chi connectivity index (χ4v) is 4.46. The molecule has 2 N–H and O–H groups in total. The molecule has 0 heterocycles. The molecule has 3 aliphatic carbocycles. The summed E-state index contributed by atoms with van der Waals surface area (Å²) in [6.07, 6.45) is 5.88. The zero-order valence-corrected chi connectivity index (χ0v) is 10.9. The van der Waals surface area contributed by atoms with Gasteiger partial charge in [0.05, 0.1) is 5.92 Å². The van der Waals surface area contributed by atoms with E-state index in [2.05, 4.69) is 11.9 Å². The number of ether oxygens (including phenoxy) is 1. The van der Waals surface area contributed by atoms with E-state index in [4.69, 9.17) is 4.74 Å². The molecule has 3 aliphatic rings. The normalized spacial score (nSPS) is 37.1. The quantitative estimate of drug-likeness (QED) is 0.762. The highest BCUT2D eigenvalue weighted by Gasteiger charge is 2.83. The van der Waals surface area contributed by atoms with Gasteiger partial charge in [-0.3, -0.25) is 4.79 Å². The Morgan fingerprint density at radius 3 is 2.47 bits per heavy atom. The van der Waals surface area contributed by atoms with E-state index < -0.39 is 12.1 Å². The summed E-state index contributed by atoms with van der Waals surface area (Å²) in [4.78, 5) is 22.7. The van der Waals surface area contributed by atoms with Crippen LogP contribution in [0, 0.1) is 16.7 Å². The molecule has 2 spiro atoms. The van der Waals surface area contributed by atoms with E-state index in [1.807, 2.05) is 0 Å². The fraction of sp³-hybridized carbons (Fsp3) is 0.714. The Balaban J connectivity index is 1.54. The highest BCUT2D eigenvalue weighted by atomic mass is 16.5. The van der Waals surface area contributed by atoms with Gasteiger partial charge in [0.25, 0.3) is 0 Å². The third-order valence-electron chi connectivity index (χ3n) is 5.38. The van der Waals surface area contributed by atoms with Gasteiger partial charge in [-0.15, -0.1) is 0 Å². The summed E-state index contributed by atoms with van der Waals surface area (Å²) in [5.74, 6) is -0.844. The number of carboxylic acid groups (broad SMARTS) is 1. The standard InChI is InChI=1S/C14H19NO4/c1-2-6-19-12(18)15-9-7-14(8-9)10(11(16)17)13(14)4-3-5-13/h2,9-10H,1,3-8H2,(H,15,18)(H,16,17). The number of rotatable bonds is 4. The number of hydrogen-bond donors (Lipinski definition) is 2. The summed E-state index contributed by atoms with van der Waals surface area (Å²) in [6, 6.07) is 0.0686. The van der Waals surface area contributed by atoms with E-state index in [-0.39, 0.29) is 29.4 Å². The zero-order valence-electron chi connectivity index (χ0n) is 10.9. The molecular formula is C14H19NO4. The predicted molar refractivity (Wildman–Crippen MR) is 67.5 cm³/mol. The number of carboxylic acids is 1. The summed E-state index contributed by atoms with van der Waals surface area (Å²) >= 11 is 0. The fourth-order valence-electron chi connectivity index (χ4n) is 4.46. The highest BCUT2D eigenvalue weighted by molar-refractivity contribution is 5.78. The van der Waals surface area contributed by atoms with Gasteiger partial charge in [-0.05, 0) is 36.5 Å². The van der Waals surface area contributed by atoms with Crippen molar-refractivity contribution in [2.24, 2.45) is 16.7 Å². The first-order chi connectivity index (χ1) is 9.06. The molecule has 1 unspecified atom stereocenters. The van der Waals surface area contributed by atoms with Crippen LogP contribution in [0.15, 0.2) is 12.7 Å². The lowest BCUT2D eigenvalue weighted by Gasteiger charge is -2.43. The Hall–Kier alpha value is -1.52. The SMILES string of the molecule is C=CCOC(=O)NC1CC2(C1)C(C(=O)O)C21CCC1. The third-order valence-corrected chi connectivity index (χ3v) is 5.38. The number of nitrogens with one attached hydrogen (secondary N) is 1. The number of fused-ring (bicyclic) bond motifs is 1. The van der Waals surface area contributed by atoms with Gasteiger partial charge in [-0.2, -0.15) is 0 Å². The first-order valence-electron chi connectivity index (χ1n) is 6.83. The molecule has 1 amide bonds. The molecule has 5 nitrogen and oxygen atoms in total. The van der Waals surface area contributed by atoms with Crippen LogP contribution in [0.2, 0.25) is 0 Å². The van der Waals surface area contributed by atoms with E-state index >= 15 is 0 Å². The summed E-state index contributed by atoms with van der Waals surface area (Å²) < 4.78 is 4.87. The van der Waals surface area contributed by atoms with Gasteiger partial charge in [0, 0.05) is 6.04 Å². The molecule has 3 rings (SSSR count). The van der Waals surface area contributed by atoms with Crippen LogP contribution in [0.4, 0.5) is 4.79 Å². The van der Waals surface area contributed by atoms with E-state index in [1.54, 1.807) is 0 Å². The molecule has 0 aromatic carbocycles. The van der Waals surface area contributed by atoms with Crippen LogP contribution in [0.5, 0.6) is 0 Å². The number of hydrogen-bond acceptors (Lipinski definition) is 3. The van der Waals surface area contributed by atoms with Crippen molar-refractivity contribution in [3.63, 3.8) is 0 Å². The maximum Gasteiger partial charge on any atom is 0.407 e. The molecule has 104 valence electrons.